The predicted octanol–water partition coefficient (Wildman–Crippen LogP) is 8.85. The highest BCUT2D eigenvalue weighted by Crippen LogP contribution is 2.22. The lowest BCUT2D eigenvalue weighted by atomic mass is 9.95. The lowest BCUT2D eigenvalue weighted by Crippen LogP contribution is -1.92. The third-order valence-electron chi connectivity index (χ3n) is 5.98. The van der Waals surface area contributed by atoms with Gasteiger partial charge in [0.1, 0.15) is 0 Å². The average molecular weight is 398 g/mol. The standard InChI is InChI=1S/C24H45O2P/c25-27(26)23-19-14-12-10-8-6-4-2-1-3-5-7-9-11-13-16-20-24-21-17-15-18-22-24/h21H,1-20,22-23H2/p+1. The fourth-order valence-electron chi connectivity index (χ4n) is 4.21. The molecule has 0 saturated heterocycles. The van der Waals surface area contributed by atoms with Crippen LogP contribution in [0.5, 0.6) is 0 Å². The average Bonchev–Trinajstić information content (AvgIpc) is 2.67. The number of hydrogen-bond donors (Lipinski definition) is 1. The fraction of sp³-hybridized carbons (Fsp3) is 0.917. The fourth-order valence-corrected chi connectivity index (χ4v) is 4.70. The summed E-state index contributed by atoms with van der Waals surface area (Å²) in [6.07, 6.45) is 31.6. The van der Waals surface area contributed by atoms with Crippen LogP contribution in [0.1, 0.15) is 135 Å². The van der Waals surface area contributed by atoms with Gasteiger partial charge in [0.15, 0.2) is 6.16 Å². The molecule has 0 heterocycles. The number of rotatable bonds is 19. The molecular weight excluding hydrogens is 351 g/mol. The minimum Gasteiger partial charge on any atom is -0.161 e. The van der Waals surface area contributed by atoms with E-state index in [9.17, 15) is 4.57 Å². The van der Waals surface area contributed by atoms with Crippen LogP contribution in [-0.4, -0.2) is 11.1 Å². The Kier molecular flexibility index (Phi) is 17.6. The Morgan fingerprint density at radius 2 is 1.11 bits per heavy atom. The van der Waals surface area contributed by atoms with Gasteiger partial charge in [-0.25, -0.2) is 0 Å². The van der Waals surface area contributed by atoms with Gasteiger partial charge < -0.3 is 0 Å². The van der Waals surface area contributed by atoms with Gasteiger partial charge in [0.25, 0.3) is 0 Å². The van der Waals surface area contributed by atoms with Crippen molar-refractivity contribution in [2.24, 2.45) is 0 Å². The van der Waals surface area contributed by atoms with Crippen molar-refractivity contribution >= 4 is 8.03 Å². The van der Waals surface area contributed by atoms with Crippen molar-refractivity contribution in [2.75, 3.05) is 6.16 Å². The maximum atomic E-state index is 10.6. The van der Waals surface area contributed by atoms with Crippen molar-refractivity contribution in [3.05, 3.63) is 11.6 Å². The summed E-state index contributed by atoms with van der Waals surface area (Å²) < 4.78 is 10.6. The van der Waals surface area contributed by atoms with E-state index in [4.69, 9.17) is 4.89 Å². The zero-order valence-corrected chi connectivity index (χ0v) is 18.8. The summed E-state index contributed by atoms with van der Waals surface area (Å²) in [6, 6.07) is 0. The van der Waals surface area contributed by atoms with E-state index in [1.165, 1.54) is 122 Å². The van der Waals surface area contributed by atoms with E-state index in [2.05, 4.69) is 6.08 Å². The van der Waals surface area contributed by atoms with Gasteiger partial charge in [-0.3, -0.25) is 0 Å². The van der Waals surface area contributed by atoms with Crippen molar-refractivity contribution in [1.82, 2.24) is 0 Å². The summed E-state index contributed by atoms with van der Waals surface area (Å²) in [6.45, 7) is 0. The topological polar surface area (TPSA) is 37.3 Å². The minimum absolute atomic E-state index is 0.494. The molecule has 3 heteroatoms. The molecule has 0 aromatic carbocycles. The highest BCUT2D eigenvalue weighted by molar-refractivity contribution is 7.37. The van der Waals surface area contributed by atoms with Crippen LogP contribution in [-0.2, 0) is 4.57 Å². The summed E-state index contributed by atoms with van der Waals surface area (Å²) in [5.41, 5.74) is 1.75. The SMILES string of the molecule is O=[P+](O)CCCCCCCCCCCCCCCCCCC1=CCCCC1. The third kappa shape index (κ3) is 17.6. The lowest BCUT2D eigenvalue weighted by molar-refractivity contribution is 0.497. The lowest BCUT2D eigenvalue weighted by Gasteiger charge is -2.12. The summed E-state index contributed by atoms with van der Waals surface area (Å²) in [7, 11) is -1.90. The Bertz CT molecular complexity index is 379. The monoisotopic (exact) mass is 397 g/mol. The number of hydrogen-bond acceptors (Lipinski definition) is 1. The smallest absolute Gasteiger partial charge is 0.161 e. The van der Waals surface area contributed by atoms with E-state index >= 15 is 0 Å². The quantitative estimate of drug-likeness (QED) is 0.134. The molecule has 0 saturated carbocycles. The number of allylic oxidation sites excluding steroid dienone is 2. The summed E-state index contributed by atoms with van der Waals surface area (Å²) in [4.78, 5) is 8.73. The first-order valence-electron chi connectivity index (χ1n) is 12.1. The van der Waals surface area contributed by atoms with Crippen LogP contribution in [0.25, 0.3) is 0 Å². The maximum Gasteiger partial charge on any atom is 0.505 e. The highest BCUT2D eigenvalue weighted by Gasteiger charge is 2.07. The van der Waals surface area contributed by atoms with Gasteiger partial charge >= 0.3 is 8.03 Å². The van der Waals surface area contributed by atoms with E-state index in [0.717, 1.165) is 12.8 Å². The molecule has 1 atom stereocenters. The zero-order valence-electron chi connectivity index (χ0n) is 17.9. The molecule has 1 rings (SSSR count). The first-order valence-corrected chi connectivity index (χ1v) is 13.5. The van der Waals surface area contributed by atoms with Gasteiger partial charge in [-0.1, -0.05) is 95.1 Å². The molecular formula is C24H46O2P+. The molecule has 0 fully saturated rings. The Balaban J connectivity index is 1.67. The minimum atomic E-state index is -1.90. The van der Waals surface area contributed by atoms with E-state index in [1.807, 2.05) is 0 Å². The van der Waals surface area contributed by atoms with E-state index in [-0.39, 0.29) is 0 Å². The van der Waals surface area contributed by atoms with Crippen LogP contribution in [0.3, 0.4) is 0 Å². The molecule has 158 valence electrons. The van der Waals surface area contributed by atoms with E-state index in [0.29, 0.717) is 6.16 Å². The molecule has 0 radical (unpaired) electrons. The summed E-state index contributed by atoms with van der Waals surface area (Å²) >= 11 is 0. The van der Waals surface area contributed by atoms with Gasteiger partial charge in [0.05, 0.1) is 0 Å². The molecule has 1 N–H and O–H groups in total. The van der Waals surface area contributed by atoms with Crippen LogP contribution in [0, 0.1) is 0 Å². The van der Waals surface area contributed by atoms with Gasteiger partial charge in [0, 0.05) is 0 Å². The second-order valence-corrected chi connectivity index (χ2v) is 9.74. The Labute approximate surface area is 170 Å². The van der Waals surface area contributed by atoms with Crippen LogP contribution in [0.15, 0.2) is 11.6 Å². The third-order valence-corrected chi connectivity index (χ3v) is 6.68. The van der Waals surface area contributed by atoms with Gasteiger partial charge in [-0.05, 0) is 55.9 Å². The molecule has 0 bridgehead atoms. The molecule has 2 nitrogen and oxygen atoms in total. The molecule has 0 aromatic heterocycles. The first-order chi connectivity index (χ1) is 13.3. The molecule has 1 aliphatic rings. The molecule has 1 unspecified atom stereocenters. The second kappa shape index (κ2) is 19.1. The maximum absolute atomic E-state index is 10.6. The Morgan fingerprint density at radius 1 is 0.667 bits per heavy atom. The normalized spacial score (nSPS) is 15.0. The van der Waals surface area contributed by atoms with Gasteiger partial charge in [-0.15, -0.1) is 0 Å². The number of unbranched alkanes of at least 4 members (excludes halogenated alkanes) is 15. The molecule has 1 aliphatic carbocycles. The van der Waals surface area contributed by atoms with Crippen LogP contribution in [0.4, 0.5) is 0 Å². The van der Waals surface area contributed by atoms with Crippen LogP contribution >= 0.6 is 8.03 Å². The molecule has 27 heavy (non-hydrogen) atoms. The molecule has 0 amide bonds. The highest BCUT2D eigenvalue weighted by atomic mass is 31.1. The molecule has 0 aromatic rings. The Morgan fingerprint density at radius 3 is 1.52 bits per heavy atom. The second-order valence-electron chi connectivity index (χ2n) is 8.59. The van der Waals surface area contributed by atoms with Gasteiger partial charge in [-0.2, -0.15) is 4.89 Å². The predicted molar refractivity (Wildman–Crippen MR) is 120 cm³/mol. The largest absolute Gasteiger partial charge is 0.505 e. The van der Waals surface area contributed by atoms with Crippen molar-refractivity contribution in [2.45, 2.75) is 135 Å². The van der Waals surface area contributed by atoms with Crippen LogP contribution < -0.4 is 0 Å². The molecule has 0 aliphatic heterocycles. The summed E-state index contributed by atoms with van der Waals surface area (Å²) in [5.74, 6) is 0. The molecule has 0 spiro atoms. The summed E-state index contributed by atoms with van der Waals surface area (Å²) in [5, 5.41) is 0. The van der Waals surface area contributed by atoms with E-state index in [1.54, 1.807) is 5.57 Å². The van der Waals surface area contributed by atoms with Gasteiger partial charge in [0.2, 0.25) is 0 Å². The van der Waals surface area contributed by atoms with Crippen molar-refractivity contribution in [3.63, 3.8) is 0 Å². The first kappa shape index (κ1) is 24.8. The van der Waals surface area contributed by atoms with E-state index < -0.39 is 8.03 Å². The Hall–Kier alpha value is -0.200. The van der Waals surface area contributed by atoms with Crippen molar-refractivity contribution in [3.8, 4) is 0 Å². The van der Waals surface area contributed by atoms with Crippen molar-refractivity contribution < 1.29 is 9.46 Å². The van der Waals surface area contributed by atoms with Crippen LogP contribution in [0.2, 0.25) is 0 Å². The van der Waals surface area contributed by atoms with Crippen molar-refractivity contribution in [1.29, 1.82) is 0 Å². The zero-order chi connectivity index (χ0) is 19.4.